The summed E-state index contributed by atoms with van der Waals surface area (Å²) >= 11 is 0. The Labute approximate surface area is 181 Å². The van der Waals surface area contributed by atoms with Gasteiger partial charge in [-0.15, -0.1) is 11.8 Å². The summed E-state index contributed by atoms with van der Waals surface area (Å²) in [7, 11) is -0.320. The molecule has 0 atom stereocenters. The lowest BCUT2D eigenvalue weighted by Crippen LogP contribution is -2.50. The Bertz CT molecular complexity index is 696. The molecule has 170 valence electrons. The normalized spacial score (nSPS) is 11.7. The molecule has 0 heterocycles. The predicted octanol–water partition coefficient (Wildman–Crippen LogP) is 6.04. The zero-order valence-corrected chi connectivity index (χ0v) is 20.7. The molecule has 0 N–H and O–H groups in total. The molecule has 0 rings (SSSR count). The van der Waals surface area contributed by atoms with Crippen LogP contribution in [0.3, 0.4) is 0 Å². The molecule has 0 spiro atoms. The number of ether oxygens (including phenoxy) is 2. The number of rotatable bonds is 9. The standard InChI is InChI=1S/C23H36F2O4Si/c1-10-11-12-13-23(21(26)28-8,22(27)29-9)15-19(14-20(24)25)30(16(2)3,17(4)5)18(6)7/h16-18H,10,13,15H2,1-9H3. The second kappa shape index (κ2) is 12.1. The first-order valence-electron chi connectivity index (χ1n) is 10.3. The van der Waals surface area contributed by atoms with Crippen LogP contribution < -0.4 is 0 Å². The zero-order valence-electron chi connectivity index (χ0n) is 19.7. The molecule has 0 aromatic heterocycles. The highest BCUT2D eigenvalue weighted by Gasteiger charge is 2.54. The van der Waals surface area contributed by atoms with E-state index in [1.165, 1.54) is 14.2 Å². The topological polar surface area (TPSA) is 52.6 Å². The summed E-state index contributed by atoms with van der Waals surface area (Å²) in [5.74, 6) is 4.01. The van der Waals surface area contributed by atoms with Gasteiger partial charge in [-0.2, -0.15) is 8.78 Å². The van der Waals surface area contributed by atoms with Gasteiger partial charge in [-0.1, -0.05) is 54.2 Å². The average molecular weight is 443 g/mol. The van der Waals surface area contributed by atoms with E-state index in [9.17, 15) is 18.4 Å². The van der Waals surface area contributed by atoms with E-state index >= 15 is 0 Å². The van der Waals surface area contributed by atoms with Gasteiger partial charge in [0.2, 0.25) is 0 Å². The number of carbonyl (C=O) groups excluding carboxylic acids is 2. The molecule has 0 amide bonds. The van der Waals surface area contributed by atoms with Crippen molar-refractivity contribution < 1.29 is 27.8 Å². The summed E-state index contributed by atoms with van der Waals surface area (Å²) in [6.07, 6.45) is -1.85. The Hall–Kier alpha value is -1.90. The summed E-state index contributed by atoms with van der Waals surface area (Å²) in [6, 6.07) is 0. The lowest BCUT2D eigenvalue weighted by atomic mass is 9.81. The van der Waals surface area contributed by atoms with Crippen LogP contribution in [0.1, 0.15) is 67.7 Å². The van der Waals surface area contributed by atoms with E-state index in [0.717, 1.165) is 0 Å². The first kappa shape index (κ1) is 28.1. The van der Waals surface area contributed by atoms with Crippen LogP contribution in [0.5, 0.6) is 0 Å². The number of halogens is 2. The van der Waals surface area contributed by atoms with Crippen LogP contribution in [-0.2, 0) is 19.1 Å². The van der Waals surface area contributed by atoms with Crippen LogP contribution in [0.15, 0.2) is 17.0 Å². The maximum Gasteiger partial charge on any atom is 0.324 e. The summed E-state index contributed by atoms with van der Waals surface area (Å²) in [5, 5.41) is 0.344. The highest BCUT2D eigenvalue weighted by atomic mass is 28.3. The molecule has 0 fully saturated rings. The zero-order chi connectivity index (χ0) is 23.7. The third-order valence-corrected chi connectivity index (χ3v) is 13.0. The molecule has 0 radical (unpaired) electrons. The fraction of sp³-hybridized carbons (Fsp3) is 0.696. The molecule has 30 heavy (non-hydrogen) atoms. The Morgan fingerprint density at radius 3 is 1.63 bits per heavy atom. The van der Waals surface area contributed by atoms with Crippen molar-refractivity contribution in [3.05, 3.63) is 17.0 Å². The van der Waals surface area contributed by atoms with Crippen molar-refractivity contribution in [1.29, 1.82) is 0 Å². The van der Waals surface area contributed by atoms with Crippen LogP contribution in [0.25, 0.3) is 0 Å². The molecular weight excluding hydrogens is 406 g/mol. The second-order valence-electron chi connectivity index (χ2n) is 8.39. The SMILES string of the molecule is CCC#CCC(CC(=C=C(F)F)[Si](C(C)C)(C(C)C)C(C)C)(C(=O)OC)C(=O)OC. The van der Waals surface area contributed by atoms with Crippen molar-refractivity contribution >= 4 is 20.0 Å². The van der Waals surface area contributed by atoms with Gasteiger partial charge in [0.25, 0.3) is 0 Å². The number of hydrogen-bond acceptors (Lipinski definition) is 4. The van der Waals surface area contributed by atoms with Gasteiger partial charge < -0.3 is 9.47 Å². The number of esters is 2. The quantitative estimate of drug-likeness (QED) is 0.144. The Kier molecular flexibility index (Phi) is 11.3. The molecular formula is C23H36F2O4Si. The maximum absolute atomic E-state index is 13.6. The van der Waals surface area contributed by atoms with Crippen molar-refractivity contribution in [3.63, 3.8) is 0 Å². The van der Waals surface area contributed by atoms with E-state index in [4.69, 9.17) is 9.47 Å². The molecule has 0 unspecified atom stereocenters. The number of carbonyl (C=O) groups is 2. The smallest absolute Gasteiger partial charge is 0.324 e. The second-order valence-corrected chi connectivity index (χ2v) is 14.3. The van der Waals surface area contributed by atoms with E-state index in [1.807, 2.05) is 48.5 Å². The predicted molar refractivity (Wildman–Crippen MR) is 118 cm³/mol. The minimum Gasteiger partial charge on any atom is -0.468 e. The van der Waals surface area contributed by atoms with Crippen molar-refractivity contribution in [2.45, 2.75) is 84.4 Å². The average Bonchev–Trinajstić information content (AvgIpc) is 2.64. The molecule has 0 aromatic carbocycles. The van der Waals surface area contributed by atoms with Crippen molar-refractivity contribution in [3.8, 4) is 11.8 Å². The van der Waals surface area contributed by atoms with E-state index < -0.39 is 31.5 Å². The number of hydrogen-bond donors (Lipinski definition) is 0. The van der Waals surface area contributed by atoms with Crippen molar-refractivity contribution in [2.75, 3.05) is 14.2 Å². The minimum atomic E-state index is -2.65. The Morgan fingerprint density at radius 2 is 1.33 bits per heavy atom. The van der Waals surface area contributed by atoms with Gasteiger partial charge in [-0.25, -0.2) is 0 Å². The lowest BCUT2D eigenvalue weighted by molar-refractivity contribution is -0.168. The van der Waals surface area contributed by atoms with Gasteiger partial charge in [-0.3, -0.25) is 9.59 Å². The summed E-state index contributed by atoms with van der Waals surface area (Å²) in [6.45, 7) is 13.9. The van der Waals surface area contributed by atoms with Crippen LogP contribution in [-0.4, -0.2) is 34.2 Å². The highest BCUT2D eigenvalue weighted by molar-refractivity contribution is 6.89. The third-order valence-electron chi connectivity index (χ3n) is 5.96. The third kappa shape index (κ3) is 5.83. The van der Waals surface area contributed by atoms with Crippen LogP contribution >= 0.6 is 0 Å². The van der Waals surface area contributed by atoms with Crippen LogP contribution in [0, 0.1) is 17.3 Å². The summed E-state index contributed by atoms with van der Waals surface area (Å²) in [5.41, 5.74) is 0.681. The molecule has 0 bridgehead atoms. The largest absolute Gasteiger partial charge is 0.468 e. The number of methoxy groups -OCH3 is 2. The first-order valence-corrected chi connectivity index (χ1v) is 12.5. The van der Waals surface area contributed by atoms with Gasteiger partial charge in [0.1, 0.15) is 0 Å². The highest BCUT2D eigenvalue weighted by Crippen LogP contribution is 2.50. The minimum absolute atomic E-state index is 0.0778. The van der Waals surface area contributed by atoms with E-state index in [2.05, 4.69) is 17.6 Å². The molecule has 0 saturated carbocycles. The van der Waals surface area contributed by atoms with E-state index in [-0.39, 0.29) is 29.5 Å². The lowest BCUT2D eigenvalue weighted by Gasteiger charge is -2.45. The molecule has 7 heteroatoms. The van der Waals surface area contributed by atoms with Crippen LogP contribution in [0.2, 0.25) is 16.6 Å². The van der Waals surface area contributed by atoms with E-state index in [1.54, 1.807) is 0 Å². The maximum atomic E-state index is 13.6. The Morgan fingerprint density at radius 1 is 0.900 bits per heavy atom. The van der Waals surface area contributed by atoms with Crippen molar-refractivity contribution in [2.24, 2.45) is 5.41 Å². The van der Waals surface area contributed by atoms with Gasteiger partial charge in [-0.05, 0) is 21.8 Å². The van der Waals surface area contributed by atoms with Gasteiger partial charge in [0.15, 0.2) is 5.41 Å². The molecule has 0 aliphatic heterocycles. The number of allylic oxidation sites excluding steroid dienone is 1. The first-order chi connectivity index (χ1) is 13.9. The monoisotopic (exact) mass is 442 g/mol. The summed E-state index contributed by atoms with van der Waals surface area (Å²) in [4.78, 5) is 25.8. The molecule has 4 nitrogen and oxygen atoms in total. The fourth-order valence-corrected chi connectivity index (χ4v) is 11.9. The van der Waals surface area contributed by atoms with Gasteiger partial charge in [0, 0.05) is 19.3 Å². The molecule has 0 aliphatic rings. The fourth-order valence-electron chi connectivity index (χ4n) is 4.93. The molecule has 0 aromatic rings. The van der Waals surface area contributed by atoms with Gasteiger partial charge in [0.05, 0.1) is 22.3 Å². The summed E-state index contributed by atoms with van der Waals surface area (Å²) < 4.78 is 37.1. The molecule has 0 aliphatic carbocycles. The van der Waals surface area contributed by atoms with Crippen LogP contribution in [0.4, 0.5) is 8.78 Å². The Balaban J connectivity index is 7.15. The van der Waals surface area contributed by atoms with Gasteiger partial charge >= 0.3 is 18.0 Å². The van der Waals surface area contributed by atoms with E-state index in [0.29, 0.717) is 11.6 Å². The molecule has 0 saturated heterocycles. The van der Waals surface area contributed by atoms with Crippen molar-refractivity contribution in [1.82, 2.24) is 0 Å².